The summed E-state index contributed by atoms with van der Waals surface area (Å²) < 4.78 is 25.8. The summed E-state index contributed by atoms with van der Waals surface area (Å²) in [7, 11) is 0. The zero-order valence-corrected chi connectivity index (χ0v) is 15.9. The molecule has 5 heteroatoms. The van der Waals surface area contributed by atoms with Gasteiger partial charge in [-0.25, -0.2) is 9.18 Å². The van der Waals surface area contributed by atoms with Crippen molar-refractivity contribution in [1.29, 1.82) is 0 Å². The molecule has 3 aromatic carbocycles. The minimum absolute atomic E-state index is 0.00189. The number of aryl methyl sites for hydroxylation is 1. The number of carbonyl (C=O) groups excluding carboxylic acids is 1. The Hall–Kier alpha value is -3.99. The molecule has 2 heterocycles. The number of furan rings is 1. The first-order valence-corrected chi connectivity index (χ1v) is 9.39. The van der Waals surface area contributed by atoms with Crippen molar-refractivity contribution in [3.63, 3.8) is 0 Å². The molecule has 0 saturated heterocycles. The molecule has 0 aliphatic heterocycles. The van der Waals surface area contributed by atoms with E-state index in [1.54, 1.807) is 18.2 Å². The van der Waals surface area contributed by atoms with Crippen LogP contribution < -0.4 is 5.63 Å². The van der Waals surface area contributed by atoms with Gasteiger partial charge in [-0.1, -0.05) is 42.5 Å². The molecular weight excluding hydrogens is 383 g/mol. The van der Waals surface area contributed by atoms with E-state index in [4.69, 9.17) is 8.83 Å². The quantitative estimate of drug-likeness (QED) is 0.281. The Labute approximate surface area is 170 Å². The number of benzene rings is 3. The lowest BCUT2D eigenvalue weighted by atomic mass is 9.96. The van der Waals surface area contributed by atoms with Crippen molar-refractivity contribution in [2.75, 3.05) is 0 Å². The average Bonchev–Trinajstić information content (AvgIpc) is 3.14. The van der Waals surface area contributed by atoms with E-state index in [0.29, 0.717) is 27.7 Å². The molecule has 0 bridgehead atoms. The largest absolute Gasteiger partial charge is 0.452 e. The number of fused-ring (bicyclic) bond motifs is 3. The summed E-state index contributed by atoms with van der Waals surface area (Å²) in [6, 6.07) is 19.9. The fourth-order valence-corrected chi connectivity index (χ4v) is 3.77. The Morgan fingerprint density at radius 3 is 2.40 bits per heavy atom. The van der Waals surface area contributed by atoms with Crippen molar-refractivity contribution in [3.05, 3.63) is 106 Å². The van der Waals surface area contributed by atoms with E-state index in [0.717, 1.165) is 10.9 Å². The van der Waals surface area contributed by atoms with Crippen molar-refractivity contribution < 1.29 is 18.0 Å². The first-order chi connectivity index (χ1) is 14.5. The molecule has 0 aliphatic carbocycles. The van der Waals surface area contributed by atoms with Crippen LogP contribution >= 0.6 is 0 Å². The molecule has 146 valence electrons. The van der Waals surface area contributed by atoms with Gasteiger partial charge in [-0.15, -0.1) is 0 Å². The molecule has 0 unspecified atom stereocenters. The van der Waals surface area contributed by atoms with E-state index in [2.05, 4.69) is 0 Å². The van der Waals surface area contributed by atoms with Gasteiger partial charge in [0.15, 0.2) is 5.76 Å². The highest BCUT2D eigenvalue weighted by atomic mass is 19.1. The molecule has 0 amide bonds. The highest BCUT2D eigenvalue weighted by Crippen LogP contribution is 2.40. The minimum Gasteiger partial charge on any atom is -0.452 e. The number of hydrogen-bond donors (Lipinski definition) is 0. The molecule has 0 spiro atoms. The van der Waals surface area contributed by atoms with Gasteiger partial charge in [0.25, 0.3) is 0 Å². The van der Waals surface area contributed by atoms with Gasteiger partial charge in [-0.2, -0.15) is 0 Å². The van der Waals surface area contributed by atoms with Gasteiger partial charge in [0.1, 0.15) is 17.0 Å². The topological polar surface area (TPSA) is 60.4 Å². The maximum atomic E-state index is 14.4. The third-order valence-electron chi connectivity index (χ3n) is 5.16. The van der Waals surface area contributed by atoms with E-state index < -0.39 is 17.2 Å². The highest BCUT2D eigenvalue weighted by Gasteiger charge is 2.27. The number of halogens is 1. The van der Waals surface area contributed by atoms with Gasteiger partial charge >= 0.3 is 5.63 Å². The van der Waals surface area contributed by atoms with Crippen LogP contribution in [-0.2, 0) is 0 Å². The number of hydrogen-bond acceptors (Lipinski definition) is 4. The smallest absolute Gasteiger partial charge is 0.336 e. The number of carbonyl (C=O) groups is 1. The van der Waals surface area contributed by atoms with Crippen molar-refractivity contribution in [2.45, 2.75) is 6.92 Å². The fraction of sp³-hybridized carbons (Fsp3) is 0.0400. The summed E-state index contributed by atoms with van der Waals surface area (Å²) in [5, 5.41) is 1.25. The third-order valence-corrected chi connectivity index (χ3v) is 5.16. The summed E-state index contributed by atoms with van der Waals surface area (Å²) in [6.07, 6.45) is 0. The molecule has 0 saturated carbocycles. The maximum absolute atomic E-state index is 14.4. The Balaban J connectivity index is 1.93. The Morgan fingerprint density at radius 2 is 1.63 bits per heavy atom. The van der Waals surface area contributed by atoms with Crippen LogP contribution in [0.15, 0.2) is 86.4 Å². The zero-order chi connectivity index (χ0) is 20.8. The molecule has 0 aliphatic rings. The summed E-state index contributed by atoms with van der Waals surface area (Å²) in [4.78, 5) is 25.4. The molecule has 30 heavy (non-hydrogen) atoms. The highest BCUT2D eigenvalue weighted by molar-refractivity contribution is 6.20. The predicted molar refractivity (Wildman–Crippen MR) is 112 cm³/mol. The van der Waals surface area contributed by atoms with Crippen molar-refractivity contribution in [3.8, 4) is 11.1 Å². The Morgan fingerprint density at radius 1 is 0.900 bits per heavy atom. The number of ketones is 1. The van der Waals surface area contributed by atoms with E-state index >= 15 is 0 Å². The zero-order valence-electron chi connectivity index (χ0n) is 15.9. The maximum Gasteiger partial charge on any atom is 0.336 e. The van der Waals surface area contributed by atoms with E-state index in [9.17, 15) is 14.0 Å². The Kier molecular flexibility index (Phi) is 4.10. The van der Waals surface area contributed by atoms with Crippen molar-refractivity contribution >= 4 is 27.7 Å². The average molecular weight is 398 g/mol. The lowest BCUT2D eigenvalue weighted by Crippen LogP contribution is -2.04. The molecule has 0 fully saturated rings. The fourth-order valence-electron chi connectivity index (χ4n) is 3.77. The van der Waals surface area contributed by atoms with Crippen LogP contribution in [0.5, 0.6) is 0 Å². The van der Waals surface area contributed by atoms with Crippen LogP contribution in [0.2, 0.25) is 0 Å². The summed E-state index contributed by atoms with van der Waals surface area (Å²) in [5.74, 6) is -1.21. The van der Waals surface area contributed by atoms with Crippen LogP contribution in [0.3, 0.4) is 0 Å². The third kappa shape index (κ3) is 2.75. The van der Waals surface area contributed by atoms with Gasteiger partial charge in [0.05, 0.1) is 10.9 Å². The molecule has 4 nitrogen and oxygen atoms in total. The van der Waals surface area contributed by atoms with Crippen LogP contribution in [0.4, 0.5) is 4.39 Å². The SMILES string of the molecule is Cc1cc(=O)oc2c1ccc1oc(C(=O)c3ccccc3F)c(-c3ccccc3)c12. The first kappa shape index (κ1) is 18.1. The van der Waals surface area contributed by atoms with E-state index in [1.807, 2.05) is 37.3 Å². The molecule has 0 radical (unpaired) electrons. The van der Waals surface area contributed by atoms with E-state index in [-0.39, 0.29) is 11.3 Å². The molecule has 5 rings (SSSR count). The second kappa shape index (κ2) is 6.81. The molecule has 0 atom stereocenters. The lowest BCUT2D eigenvalue weighted by molar-refractivity contribution is 0.101. The van der Waals surface area contributed by atoms with Crippen LogP contribution in [0, 0.1) is 12.7 Å². The van der Waals surface area contributed by atoms with Crippen LogP contribution in [0.1, 0.15) is 21.7 Å². The first-order valence-electron chi connectivity index (χ1n) is 9.39. The number of rotatable bonds is 3. The Bertz CT molecular complexity index is 1490. The molecule has 5 aromatic rings. The van der Waals surface area contributed by atoms with Gasteiger partial charge < -0.3 is 8.83 Å². The normalized spacial score (nSPS) is 11.3. The van der Waals surface area contributed by atoms with Crippen molar-refractivity contribution in [2.24, 2.45) is 0 Å². The van der Waals surface area contributed by atoms with Gasteiger partial charge in [-0.3, -0.25) is 4.79 Å². The second-order valence-corrected chi connectivity index (χ2v) is 7.05. The summed E-state index contributed by atoms with van der Waals surface area (Å²) in [5.41, 5.74) is 2.07. The molecule has 0 N–H and O–H groups in total. The predicted octanol–water partition coefficient (Wildman–Crippen LogP) is 5.88. The van der Waals surface area contributed by atoms with Crippen LogP contribution in [0.25, 0.3) is 33.1 Å². The summed E-state index contributed by atoms with van der Waals surface area (Å²) >= 11 is 0. The standard InChI is InChI=1S/C25H15FO4/c1-14-13-20(27)30-24-16(14)11-12-19-22(24)21(15-7-3-2-4-8-15)25(29-19)23(28)17-9-5-6-10-18(17)26/h2-13H,1H3. The van der Waals surface area contributed by atoms with Crippen molar-refractivity contribution in [1.82, 2.24) is 0 Å². The monoisotopic (exact) mass is 398 g/mol. The molecule has 2 aromatic heterocycles. The molecular formula is C25H15FO4. The van der Waals surface area contributed by atoms with E-state index in [1.165, 1.54) is 24.3 Å². The van der Waals surface area contributed by atoms with Gasteiger partial charge in [0, 0.05) is 17.0 Å². The minimum atomic E-state index is -0.630. The second-order valence-electron chi connectivity index (χ2n) is 7.05. The van der Waals surface area contributed by atoms with Gasteiger partial charge in [-0.05, 0) is 42.3 Å². The van der Waals surface area contributed by atoms with Gasteiger partial charge in [0.2, 0.25) is 5.78 Å². The summed E-state index contributed by atoms with van der Waals surface area (Å²) in [6.45, 7) is 1.82. The van der Waals surface area contributed by atoms with Crippen LogP contribution in [-0.4, -0.2) is 5.78 Å². The lowest BCUT2D eigenvalue weighted by Gasteiger charge is -2.06.